The van der Waals surface area contributed by atoms with Crippen molar-refractivity contribution in [1.82, 2.24) is 9.47 Å². The van der Waals surface area contributed by atoms with Crippen LogP contribution in [0.5, 0.6) is 0 Å². The number of rotatable bonds is 6. The summed E-state index contributed by atoms with van der Waals surface area (Å²) in [5.41, 5.74) is -2.31. The number of urea groups is 1. The van der Waals surface area contributed by atoms with Gasteiger partial charge in [-0.25, -0.2) is 28.7 Å². The minimum Gasteiger partial charge on any atom is -0.308 e. The lowest BCUT2D eigenvalue weighted by atomic mass is 10.1. The third kappa shape index (κ3) is 8.80. The molecule has 43 heavy (non-hydrogen) atoms. The van der Waals surface area contributed by atoms with Crippen LogP contribution in [0.2, 0.25) is 5.02 Å². The highest BCUT2D eigenvalue weighted by atomic mass is 35.5. The Labute approximate surface area is 259 Å². The predicted octanol–water partition coefficient (Wildman–Crippen LogP) is 8.10. The van der Waals surface area contributed by atoms with Gasteiger partial charge in [0, 0.05) is 27.5 Å². The number of hydrogen-bond acceptors (Lipinski definition) is 7. The van der Waals surface area contributed by atoms with Crippen molar-refractivity contribution < 1.29 is 37.3 Å². The van der Waals surface area contributed by atoms with Crippen LogP contribution in [0.15, 0.2) is 71.6 Å². The summed E-state index contributed by atoms with van der Waals surface area (Å²) in [4.78, 5) is 49.8. The number of amides is 2. The van der Waals surface area contributed by atoms with E-state index < -0.39 is 23.6 Å². The molecule has 0 saturated heterocycles. The fourth-order valence-corrected chi connectivity index (χ4v) is 4.78. The van der Waals surface area contributed by atoms with Crippen LogP contribution >= 0.6 is 35.8 Å². The zero-order chi connectivity index (χ0) is 30.6. The third-order valence-corrected chi connectivity index (χ3v) is 6.78. The monoisotopic (exact) mass is 656 g/mol. The van der Waals surface area contributed by atoms with E-state index in [9.17, 15) is 27.6 Å². The van der Waals surface area contributed by atoms with Crippen LogP contribution < -0.4 is 10.6 Å². The lowest BCUT2D eigenvalue weighted by Crippen LogP contribution is -2.21. The topological polar surface area (TPSA) is 102 Å². The van der Waals surface area contributed by atoms with E-state index in [2.05, 4.69) is 10.6 Å². The Kier molecular flexibility index (Phi) is 11.0. The Hall–Kier alpha value is -3.91. The first-order valence-corrected chi connectivity index (χ1v) is 13.4. The van der Waals surface area contributed by atoms with Gasteiger partial charge in [0.05, 0.1) is 22.5 Å². The highest BCUT2D eigenvalue weighted by Gasteiger charge is 2.29. The van der Waals surface area contributed by atoms with Crippen molar-refractivity contribution in [2.75, 3.05) is 24.7 Å². The van der Waals surface area contributed by atoms with Crippen LogP contribution in [-0.2, 0) is 16.3 Å². The normalized spacial score (nSPS) is 11.2. The van der Waals surface area contributed by atoms with Crippen molar-refractivity contribution in [3.05, 3.63) is 88.6 Å². The summed E-state index contributed by atoms with van der Waals surface area (Å²) in [5, 5.41) is 5.86. The summed E-state index contributed by atoms with van der Waals surface area (Å²) in [6.45, 7) is 2.20. The van der Waals surface area contributed by atoms with Gasteiger partial charge in [0.15, 0.2) is 0 Å². The van der Waals surface area contributed by atoms with Crippen molar-refractivity contribution in [3.8, 4) is 0 Å². The molecule has 4 rings (SSSR count). The van der Waals surface area contributed by atoms with Gasteiger partial charge in [-0.15, -0.1) is 12.4 Å². The fraction of sp³-hybridized carbons (Fsp3) is 0.179. The van der Waals surface area contributed by atoms with E-state index in [1.807, 2.05) is 19.0 Å². The van der Waals surface area contributed by atoms with Crippen molar-refractivity contribution in [2.45, 2.75) is 23.9 Å². The Morgan fingerprint density at radius 3 is 2.21 bits per heavy atom. The van der Waals surface area contributed by atoms with E-state index in [0.29, 0.717) is 22.5 Å². The molecule has 228 valence electrons. The predicted molar refractivity (Wildman–Crippen MR) is 161 cm³/mol. The van der Waals surface area contributed by atoms with Crippen molar-refractivity contribution in [2.24, 2.45) is 0 Å². The summed E-state index contributed by atoms with van der Waals surface area (Å²) in [6, 6.07) is 15.5. The average molecular weight is 657 g/mol. The Morgan fingerprint density at radius 2 is 1.60 bits per heavy atom. The molecule has 0 aliphatic rings. The van der Waals surface area contributed by atoms with Crippen molar-refractivity contribution >= 4 is 76.1 Å². The van der Waals surface area contributed by atoms with E-state index in [0.717, 1.165) is 10.1 Å². The second-order valence-electron chi connectivity index (χ2n) is 9.26. The molecule has 0 radical (unpaired) electrons. The second kappa shape index (κ2) is 14.0. The van der Waals surface area contributed by atoms with E-state index >= 15 is 0 Å². The van der Waals surface area contributed by atoms with Gasteiger partial charge in [0.1, 0.15) is 0 Å². The summed E-state index contributed by atoms with van der Waals surface area (Å²) < 4.78 is 38.8. The number of hydrogen-bond donors (Lipinski definition) is 2. The molecule has 0 fully saturated rings. The van der Waals surface area contributed by atoms with Gasteiger partial charge in [0.25, 0.3) is 0 Å². The quantitative estimate of drug-likeness (QED) is 0.123. The largest absolute Gasteiger partial charge is 0.461 e. The van der Waals surface area contributed by atoms with E-state index in [4.69, 9.17) is 21.4 Å². The number of carbonyl (C=O) groups is 3. The fourth-order valence-electron chi connectivity index (χ4n) is 4.07. The Bertz CT molecular complexity index is 1630. The number of carbonyl (C=O) groups excluding carboxylic acids is 3. The van der Waals surface area contributed by atoms with Gasteiger partial charge >= 0.3 is 23.6 Å². The minimum absolute atomic E-state index is 0. The van der Waals surface area contributed by atoms with Crippen molar-refractivity contribution in [1.29, 1.82) is 0 Å². The molecule has 1 aromatic heterocycles. The van der Waals surface area contributed by atoms with Gasteiger partial charge in [0.2, 0.25) is 0 Å². The first kappa shape index (κ1) is 33.6. The van der Waals surface area contributed by atoms with E-state index in [-0.39, 0.29) is 51.7 Å². The molecule has 0 spiro atoms. The molecule has 2 N–H and O–H groups in total. The number of alkyl halides is 3. The molecule has 9 nitrogen and oxygen atoms in total. The summed E-state index contributed by atoms with van der Waals surface area (Å²) in [5.74, 6) is -0.880. The number of fused-ring (bicyclic) bond motifs is 1. The number of benzene rings is 3. The Morgan fingerprint density at radius 1 is 0.953 bits per heavy atom. The number of aromatic nitrogens is 1. The summed E-state index contributed by atoms with van der Waals surface area (Å²) in [6.07, 6.45) is -1.05. The Balaban J connectivity index is 0.00000506. The zero-order valence-corrected chi connectivity index (χ0v) is 25.2. The maximum Gasteiger partial charge on any atom is 0.461 e. The molecule has 1 heterocycles. The first-order valence-electron chi connectivity index (χ1n) is 12.2. The maximum atomic E-state index is 13.0. The number of thioether (sulfide) groups is 1. The van der Waals surface area contributed by atoms with Gasteiger partial charge in [-0.3, -0.25) is 0 Å². The van der Waals surface area contributed by atoms with Gasteiger partial charge in [-0.05, 0) is 92.9 Å². The van der Waals surface area contributed by atoms with Gasteiger partial charge in [-0.1, -0.05) is 23.7 Å². The number of nitrogens with zero attached hydrogens (tertiary/aromatic N) is 2. The van der Waals surface area contributed by atoms with Crippen LogP contribution in [0.25, 0.3) is 10.9 Å². The highest BCUT2D eigenvalue weighted by molar-refractivity contribution is 8.00. The van der Waals surface area contributed by atoms with E-state index in [1.165, 1.54) is 49.4 Å². The molecule has 3 aromatic carbocycles. The van der Waals surface area contributed by atoms with Crippen LogP contribution in [0.3, 0.4) is 0 Å². The zero-order valence-electron chi connectivity index (χ0n) is 22.8. The molecule has 0 aliphatic heterocycles. The van der Waals surface area contributed by atoms with Crippen LogP contribution in [0.4, 0.5) is 34.1 Å². The molecule has 2 amide bonds. The van der Waals surface area contributed by atoms with Crippen LogP contribution in [-0.4, -0.2) is 47.2 Å². The molecule has 0 atom stereocenters. The minimum atomic E-state index is -4.43. The van der Waals surface area contributed by atoms with Crippen molar-refractivity contribution in [3.63, 3.8) is 0 Å². The molecule has 0 unspecified atom stereocenters. The van der Waals surface area contributed by atoms with Crippen LogP contribution in [0, 0.1) is 6.92 Å². The molecular weight excluding hydrogens is 632 g/mol. The summed E-state index contributed by atoms with van der Waals surface area (Å²) >= 11 is 5.89. The smallest absolute Gasteiger partial charge is 0.308 e. The average Bonchev–Trinajstić information content (AvgIpc) is 3.17. The standard InChI is InChI=1S/C28H24ClF3N4O5S.ClH/c1-16-24(34-26(38)33-20-9-11-21(12-10-20)42-28(30,31)32)22-14-19(29)8-13-23(22)36(16)27(39)41-40-25(37)18-6-4-17(5-7-18)15-35(2)3;/h4-14H,15H2,1-3H3,(H2,33,34,38);1H. The molecule has 0 bridgehead atoms. The maximum absolute atomic E-state index is 13.0. The molecule has 0 saturated carbocycles. The summed E-state index contributed by atoms with van der Waals surface area (Å²) in [7, 11) is 3.83. The van der Waals surface area contributed by atoms with Gasteiger partial charge < -0.3 is 15.5 Å². The molecule has 4 aromatic rings. The number of halogens is 5. The van der Waals surface area contributed by atoms with Gasteiger partial charge in [-0.2, -0.15) is 13.2 Å². The SMILES string of the molecule is Cc1c(NC(=O)Nc2ccc(SC(F)(F)F)cc2)c2cc(Cl)ccc2n1C(=O)OOC(=O)c1ccc(CN(C)C)cc1.Cl. The lowest BCUT2D eigenvalue weighted by Gasteiger charge is -2.10. The molecule has 15 heteroatoms. The highest BCUT2D eigenvalue weighted by Crippen LogP contribution is 2.37. The van der Waals surface area contributed by atoms with Crippen LogP contribution in [0.1, 0.15) is 21.6 Å². The number of nitrogens with one attached hydrogen (secondary N) is 2. The lowest BCUT2D eigenvalue weighted by molar-refractivity contribution is -0.182. The third-order valence-electron chi connectivity index (χ3n) is 5.81. The number of anilines is 2. The first-order chi connectivity index (χ1) is 19.8. The molecule has 0 aliphatic carbocycles. The van der Waals surface area contributed by atoms with E-state index in [1.54, 1.807) is 24.3 Å². The molecular formula is C28H25Cl2F3N4O5S. The second-order valence-corrected chi connectivity index (χ2v) is 10.8.